The molecule has 1 saturated heterocycles. The van der Waals surface area contributed by atoms with E-state index in [0.29, 0.717) is 6.61 Å². The van der Waals surface area contributed by atoms with E-state index in [1.54, 1.807) is 7.11 Å². The van der Waals surface area contributed by atoms with E-state index >= 15 is 0 Å². The molecule has 0 spiro atoms. The minimum absolute atomic E-state index is 0.233. The number of hydrogen-bond acceptors (Lipinski definition) is 3. The predicted octanol–water partition coefficient (Wildman–Crippen LogP) is 4.96. The van der Waals surface area contributed by atoms with Crippen molar-refractivity contribution in [2.45, 2.75) is 44.0 Å². The van der Waals surface area contributed by atoms with Crippen LogP contribution in [-0.4, -0.2) is 12.7 Å². The maximum Gasteiger partial charge on any atom is 0.118 e. The molecule has 0 aliphatic carbocycles. The van der Waals surface area contributed by atoms with Crippen LogP contribution in [0, 0.1) is 0 Å². The molecule has 2 aromatic carbocycles. The summed E-state index contributed by atoms with van der Waals surface area (Å²) in [6.45, 7) is 2.73. The zero-order valence-electron chi connectivity index (χ0n) is 14.8. The van der Waals surface area contributed by atoms with Crippen molar-refractivity contribution in [1.82, 2.24) is 0 Å². The second-order valence-corrected chi connectivity index (χ2v) is 7.20. The quantitative estimate of drug-likeness (QED) is 0.772. The lowest BCUT2D eigenvalue weighted by Crippen LogP contribution is -2.35. The molecule has 4 rings (SSSR count). The molecule has 2 aromatic rings. The number of methoxy groups -OCH3 is 1. The Labute approximate surface area is 149 Å². The lowest BCUT2D eigenvalue weighted by molar-refractivity contribution is -0.0979. The summed E-state index contributed by atoms with van der Waals surface area (Å²) in [6, 6.07) is 18.6. The topological polar surface area (TPSA) is 27.7 Å². The van der Waals surface area contributed by atoms with Crippen molar-refractivity contribution >= 4 is 0 Å². The number of ether oxygens (including phenoxy) is 3. The van der Waals surface area contributed by atoms with Crippen LogP contribution in [0.1, 0.15) is 37.3 Å². The van der Waals surface area contributed by atoms with Gasteiger partial charge >= 0.3 is 0 Å². The highest BCUT2D eigenvalue weighted by molar-refractivity contribution is 5.31. The summed E-state index contributed by atoms with van der Waals surface area (Å²) in [5, 5.41) is 0. The Morgan fingerprint density at radius 3 is 2.48 bits per heavy atom. The molecule has 0 unspecified atom stereocenters. The van der Waals surface area contributed by atoms with E-state index in [9.17, 15) is 0 Å². The van der Waals surface area contributed by atoms with Gasteiger partial charge in [0, 0.05) is 6.42 Å². The fourth-order valence-electron chi connectivity index (χ4n) is 3.94. The van der Waals surface area contributed by atoms with Gasteiger partial charge in [-0.3, -0.25) is 0 Å². The summed E-state index contributed by atoms with van der Waals surface area (Å²) in [5.74, 6) is 1.90. The van der Waals surface area contributed by atoms with Gasteiger partial charge in [0.15, 0.2) is 0 Å². The Balaban J connectivity index is 1.51. The van der Waals surface area contributed by atoms with Crippen LogP contribution >= 0.6 is 0 Å². The maximum absolute atomic E-state index is 6.50. The lowest BCUT2D eigenvalue weighted by Gasteiger charge is -2.37. The molecular weight excluding hydrogens is 312 g/mol. The van der Waals surface area contributed by atoms with Crippen LogP contribution in [0.25, 0.3) is 0 Å². The molecule has 25 heavy (non-hydrogen) atoms. The van der Waals surface area contributed by atoms with Crippen molar-refractivity contribution in [2.24, 2.45) is 0 Å². The molecule has 3 heteroatoms. The summed E-state index contributed by atoms with van der Waals surface area (Å²) in [5.41, 5.74) is 1.90. The molecule has 2 aliphatic rings. The molecule has 3 nitrogen and oxygen atoms in total. The molecule has 1 fully saturated rings. The zero-order chi connectivity index (χ0) is 17.3. The Kier molecular flexibility index (Phi) is 4.04. The monoisotopic (exact) mass is 336 g/mol. The average molecular weight is 336 g/mol. The average Bonchev–Trinajstić information content (AvgIpc) is 2.91. The van der Waals surface area contributed by atoms with Gasteiger partial charge in [0.05, 0.1) is 18.5 Å². The van der Waals surface area contributed by atoms with Crippen molar-refractivity contribution in [1.29, 1.82) is 0 Å². The summed E-state index contributed by atoms with van der Waals surface area (Å²) in [4.78, 5) is 0. The zero-order valence-corrected chi connectivity index (χ0v) is 14.8. The largest absolute Gasteiger partial charge is 0.497 e. The van der Waals surface area contributed by atoms with E-state index < -0.39 is 0 Å². The van der Waals surface area contributed by atoms with Crippen molar-refractivity contribution < 1.29 is 14.2 Å². The maximum atomic E-state index is 6.50. The van der Waals surface area contributed by atoms with Gasteiger partial charge in [-0.15, -0.1) is 0 Å². The minimum atomic E-state index is -0.250. The molecule has 0 amide bonds. The fraction of sp³-hybridized carbons (Fsp3) is 0.364. The van der Waals surface area contributed by atoms with E-state index in [2.05, 4.69) is 37.3 Å². The van der Waals surface area contributed by atoms with Gasteiger partial charge in [-0.25, -0.2) is 0 Å². The second kappa shape index (κ2) is 6.23. The summed E-state index contributed by atoms with van der Waals surface area (Å²) in [7, 11) is 1.68. The first-order valence-corrected chi connectivity index (χ1v) is 8.84. The molecule has 0 aromatic heterocycles. The number of benzene rings is 2. The highest BCUT2D eigenvalue weighted by Crippen LogP contribution is 2.52. The predicted molar refractivity (Wildman–Crippen MR) is 97.3 cm³/mol. The van der Waals surface area contributed by atoms with Crippen LogP contribution in [0.15, 0.2) is 66.4 Å². The lowest BCUT2D eigenvalue weighted by atomic mass is 9.87. The Bertz CT molecular complexity index is 766. The van der Waals surface area contributed by atoms with Crippen LogP contribution in [-0.2, 0) is 21.7 Å². The Morgan fingerprint density at radius 2 is 1.76 bits per heavy atom. The molecule has 2 bridgehead atoms. The van der Waals surface area contributed by atoms with Gasteiger partial charge < -0.3 is 14.2 Å². The van der Waals surface area contributed by atoms with Crippen molar-refractivity contribution in [2.75, 3.05) is 7.11 Å². The first-order chi connectivity index (χ1) is 12.1. The first kappa shape index (κ1) is 16.2. The van der Waals surface area contributed by atoms with E-state index in [-0.39, 0.29) is 11.2 Å². The SMILES string of the molecule is COc1ccc(COC2=C[C@]3(C)CC[C@](c4ccccc4)(C2)O3)cc1. The van der Waals surface area contributed by atoms with Gasteiger partial charge in [-0.1, -0.05) is 42.5 Å². The molecule has 0 radical (unpaired) electrons. The van der Waals surface area contributed by atoms with E-state index in [4.69, 9.17) is 14.2 Å². The number of rotatable bonds is 5. The van der Waals surface area contributed by atoms with Crippen LogP contribution in [0.3, 0.4) is 0 Å². The first-order valence-electron chi connectivity index (χ1n) is 8.84. The van der Waals surface area contributed by atoms with E-state index in [1.807, 2.05) is 30.3 Å². The van der Waals surface area contributed by atoms with E-state index in [0.717, 1.165) is 36.3 Å². The summed E-state index contributed by atoms with van der Waals surface area (Å²) in [6.07, 6.45) is 5.02. The summed E-state index contributed by atoms with van der Waals surface area (Å²) >= 11 is 0. The number of hydrogen-bond donors (Lipinski definition) is 0. The van der Waals surface area contributed by atoms with Gasteiger partial charge in [0.25, 0.3) is 0 Å². The van der Waals surface area contributed by atoms with Crippen molar-refractivity contribution in [3.63, 3.8) is 0 Å². The fourth-order valence-corrected chi connectivity index (χ4v) is 3.94. The normalized spacial score (nSPS) is 27.7. The third kappa shape index (κ3) is 3.16. The van der Waals surface area contributed by atoms with Crippen molar-refractivity contribution in [3.05, 3.63) is 77.6 Å². The van der Waals surface area contributed by atoms with Crippen LogP contribution in [0.2, 0.25) is 0 Å². The molecule has 2 heterocycles. The standard InChI is InChI=1S/C22H24O3/c1-21-12-13-22(25-21,18-6-4-3-5-7-18)15-20(14-21)24-16-17-8-10-19(23-2)11-9-17/h3-11,14H,12-13,15-16H2,1-2H3/t21-,22+/m0/s1. The highest BCUT2D eigenvalue weighted by Gasteiger charge is 2.51. The van der Waals surface area contributed by atoms with Crippen LogP contribution in [0.4, 0.5) is 0 Å². The van der Waals surface area contributed by atoms with E-state index in [1.165, 1.54) is 5.56 Å². The van der Waals surface area contributed by atoms with Crippen LogP contribution in [0.5, 0.6) is 5.75 Å². The highest BCUT2D eigenvalue weighted by atomic mass is 16.5. The van der Waals surface area contributed by atoms with Crippen LogP contribution < -0.4 is 4.74 Å². The smallest absolute Gasteiger partial charge is 0.118 e. The molecule has 2 atom stereocenters. The third-order valence-electron chi connectivity index (χ3n) is 5.26. The molecule has 2 aliphatic heterocycles. The molecule has 0 saturated carbocycles. The Hall–Kier alpha value is -2.26. The third-order valence-corrected chi connectivity index (χ3v) is 5.26. The van der Waals surface area contributed by atoms with Gasteiger partial charge in [-0.2, -0.15) is 0 Å². The molecule has 0 N–H and O–H groups in total. The van der Waals surface area contributed by atoms with Crippen molar-refractivity contribution in [3.8, 4) is 5.75 Å². The van der Waals surface area contributed by atoms with Gasteiger partial charge in [-0.05, 0) is 49.1 Å². The second-order valence-electron chi connectivity index (χ2n) is 7.20. The molecular formula is C22H24O3. The Morgan fingerprint density at radius 1 is 1.00 bits per heavy atom. The minimum Gasteiger partial charge on any atom is -0.497 e. The van der Waals surface area contributed by atoms with Gasteiger partial charge in [0.1, 0.15) is 18.0 Å². The van der Waals surface area contributed by atoms with Gasteiger partial charge in [0.2, 0.25) is 0 Å². The molecule has 130 valence electrons. The number of fused-ring (bicyclic) bond motifs is 2. The summed E-state index contributed by atoms with van der Waals surface area (Å²) < 4.78 is 17.9.